The number of hydrogen-bond acceptors (Lipinski definition) is 4. The zero-order valence-electron chi connectivity index (χ0n) is 10.0. The molecular weight excluding hydrogens is 341 g/mol. The number of halogens is 2. The monoisotopic (exact) mass is 353 g/mol. The molecule has 6 nitrogen and oxygen atoms in total. The lowest BCUT2D eigenvalue weighted by Crippen LogP contribution is -2.34. The summed E-state index contributed by atoms with van der Waals surface area (Å²) in [4.78, 5) is 10.1. The number of nitrogen functional groups attached to an aromatic ring is 1. The standard InChI is InChI=1S/C10H13BrFN3O3S/c1-6(16)14-2-3-15-19(17,18)9-5-7(13)4-8(11)10(9)12/h4-5,15H,2-3,13H2,1H3,(H,14,16). The summed E-state index contributed by atoms with van der Waals surface area (Å²) in [5, 5.41) is 2.41. The molecule has 1 rings (SSSR count). The van der Waals surface area contributed by atoms with E-state index in [1.165, 1.54) is 13.0 Å². The maximum absolute atomic E-state index is 13.7. The lowest BCUT2D eigenvalue weighted by Gasteiger charge is -2.09. The summed E-state index contributed by atoms with van der Waals surface area (Å²) in [6, 6.07) is 2.30. The normalized spacial score (nSPS) is 11.3. The summed E-state index contributed by atoms with van der Waals surface area (Å²) < 4.78 is 39.6. The maximum Gasteiger partial charge on any atom is 0.243 e. The fourth-order valence-electron chi connectivity index (χ4n) is 1.28. The van der Waals surface area contributed by atoms with E-state index in [2.05, 4.69) is 26.0 Å². The molecule has 1 aromatic rings. The van der Waals surface area contributed by atoms with Crippen LogP contribution in [0.1, 0.15) is 6.92 Å². The molecule has 0 radical (unpaired) electrons. The Labute approximate surface area is 118 Å². The maximum atomic E-state index is 13.7. The molecule has 0 fully saturated rings. The Bertz CT molecular complexity index is 592. The largest absolute Gasteiger partial charge is 0.399 e. The van der Waals surface area contributed by atoms with Gasteiger partial charge in [-0.05, 0) is 28.1 Å². The number of benzene rings is 1. The van der Waals surface area contributed by atoms with Gasteiger partial charge in [-0.3, -0.25) is 4.79 Å². The van der Waals surface area contributed by atoms with Gasteiger partial charge in [-0.2, -0.15) is 0 Å². The first-order valence-electron chi connectivity index (χ1n) is 5.22. The molecule has 0 saturated carbocycles. The van der Waals surface area contributed by atoms with Gasteiger partial charge in [0.05, 0.1) is 4.47 Å². The Kier molecular flexibility index (Phi) is 5.27. The van der Waals surface area contributed by atoms with Crippen LogP contribution in [0.3, 0.4) is 0 Å². The predicted octanol–water partition coefficient (Wildman–Crippen LogP) is 0.585. The smallest absolute Gasteiger partial charge is 0.243 e. The quantitative estimate of drug-likeness (QED) is 0.532. The number of rotatable bonds is 5. The third-order valence-electron chi connectivity index (χ3n) is 2.10. The van der Waals surface area contributed by atoms with Gasteiger partial charge in [0.1, 0.15) is 4.90 Å². The summed E-state index contributed by atoms with van der Waals surface area (Å²) in [5.41, 5.74) is 5.59. The van der Waals surface area contributed by atoms with Gasteiger partial charge in [-0.15, -0.1) is 0 Å². The molecule has 0 saturated heterocycles. The van der Waals surface area contributed by atoms with Gasteiger partial charge >= 0.3 is 0 Å². The van der Waals surface area contributed by atoms with Crippen molar-refractivity contribution in [2.24, 2.45) is 0 Å². The van der Waals surface area contributed by atoms with Crippen molar-refractivity contribution in [2.75, 3.05) is 18.8 Å². The first-order valence-corrected chi connectivity index (χ1v) is 7.50. The number of carbonyl (C=O) groups excluding carboxylic acids is 1. The number of amides is 1. The van der Waals surface area contributed by atoms with Crippen LogP contribution in [0.25, 0.3) is 0 Å². The minimum absolute atomic E-state index is 0.0327. The highest BCUT2D eigenvalue weighted by Crippen LogP contribution is 2.25. The van der Waals surface area contributed by atoms with Crippen LogP contribution in [0.4, 0.5) is 10.1 Å². The first-order chi connectivity index (χ1) is 8.74. The van der Waals surface area contributed by atoms with Gasteiger partial charge in [0.2, 0.25) is 15.9 Å². The van der Waals surface area contributed by atoms with Crippen molar-refractivity contribution < 1.29 is 17.6 Å². The van der Waals surface area contributed by atoms with Crippen molar-refractivity contribution in [1.82, 2.24) is 10.0 Å². The van der Waals surface area contributed by atoms with E-state index < -0.39 is 20.7 Å². The minimum Gasteiger partial charge on any atom is -0.399 e. The fraction of sp³-hybridized carbons (Fsp3) is 0.300. The second kappa shape index (κ2) is 6.31. The minimum atomic E-state index is -4.02. The third-order valence-corrected chi connectivity index (χ3v) is 4.13. The molecule has 0 unspecified atom stereocenters. The molecule has 1 amide bonds. The van der Waals surface area contributed by atoms with Crippen molar-refractivity contribution in [3.05, 3.63) is 22.4 Å². The van der Waals surface area contributed by atoms with E-state index in [-0.39, 0.29) is 29.2 Å². The molecule has 106 valence electrons. The van der Waals surface area contributed by atoms with E-state index in [1.54, 1.807) is 0 Å². The molecule has 0 spiro atoms. The lowest BCUT2D eigenvalue weighted by molar-refractivity contribution is -0.118. The Balaban J connectivity index is 2.86. The summed E-state index contributed by atoms with van der Waals surface area (Å²) in [6.45, 7) is 1.37. The zero-order chi connectivity index (χ0) is 14.6. The second-order valence-electron chi connectivity index (χ2n) is 3.70. The topological polar surface area (TPSA) is 101 Å². The van der Waals surface area contributed by atoms with Crippen molar-refractivity contribution >= 4 is 37.5 Å². The number of sulfonamides is 1. The third kappa shape index (κ3) is 4.44. The molecule has 9 heteroatoms. The van der Waals surface area contributed by atoms with Gasteiger partial charge in [-0.1, -0.05) is 0 Å². The number of hydrogen-bond donors (Lipinski definition) is 3. The molecule has 1 aromatic carbocycles. The van der Waals surface area contributed by atoms with Crippen LogP contribution in [-0.2, 0) is 14.8 Å². The Hall–Kier alpha value is -1.19. The Morgan fingerprint density at radius 3 is 2.63 bits per heavy atom. The highest BCUT2D eigenvalue weighted by atomic mass is 79.9. The Morgan fingerprint density at radius 1 is 1.42 bits per heavy atom. The lowest BCUT2D eigenvalue weighted by atomic mass is 10.3. The van der Waals surface area contributed by atoms with E-state index >= 15 is 0 Å². The molecule has 0 heterocycles. The molecular formula is C10H13BrFN3O3S. The van der Waals surface area contributed by atoms with E-state index in [0.717, 1.165) is 6.07 Å². The average Bonchev–Trinajstić information content (AvgIpc) is 2.29. The van der Waals surface area contributed by atoms with Crippen molar-refractivity contribution in [3.63, 3.8) is 0 Å². The molecule has 0 aliphatic carbocycles. The highest BCUT2D eigenvalue weighted by molar-refractivity contribution is 9.10. The van der Waals surface area contributed by atoms with Gasteiger partial charge in [0.15, 0.2) is 5.82 Å². The van der Waals surface area contributed by atoms with E-state index in [4.69, 9.17) is 5.73 Å². The first kappa shape index (κ1) is 15.9. The molecule has 0 aliphatic heterocycles. The summed E-state index contributed by atoms with van der Waals surface area (Å²) in [5.74, 6) is -1.20. The molecule has 0 bridgehead atoms. The van der Waals surface area contributed by atoms with Crippen LogP contribution < -0.4 is 15.8 Å². The molecule has 0 aromatic heterocycles. The van der Waals surface area contributed by atoms with Gasteiger partial charge in [0.25, 0.3) is 0 Å². The number of nitrogens with two attached hydrogens (primary N) is 1. The van der Waals surface area contributed by atoms with Crippen LogP contribution in [-0.4, -0.2) is 27.4 Å². The predicted molar refractivity (Wildman–Crippen MR) is 72.4 cm³/mol. The Morgan fingerprint density at radius 2 is 2.05 bits per heavy atom. The van der Waals surface area contributed by atoms with E-state index in [0.29, 0.717) is 0 Å². The van der Waals surface area contributed by atoms with Crippen LogP contribution in [0.15, 0.2) is 21.5 Å². The van der Waals surface area contributed by atoms with Crippen molar-refractivity contribution in [3.8, 4) is 0 Å². The summed E-state index contributed by atoms with van der Waals surface area (Å²) >= 11 is 2.89. The van der Waals surface area contributed by atoms with Crippen molar-refractivity contribution in [1.29, 1.82) is 0 Å². The summed E-state index contributed by atoms with van der Waals surface area (Å²) in [6.07, 6.45) is 0. The fourth-order valence-corrected chi connectivity index (χ4v) is 3.05. The van der Waals surface area contributed by atoms with Gasteiger partial charge < -0.3 is 11.1 Å². The van der Waals surface area contributed by atoms with Crippen LogP contribution in [0.2, 0.25) is 0 Å². The number of nitrogens with one attached hydrogen (secondary N) is 2. The number of anilines is 1. The number of carbonyl (C=O) groups is 1. The highest BCUT2D eigenvalue weighted by Gasteiger charge is 2.21. The van der Waals surface area contributed by atoms with Crippen molar-refractivity contribution in [2.45, 2.75) is 11.8 Å². The zero-order valence-corrected chi connectivity index (χ0v) is 12.4. The van der Waals surface area contributed by atoms with Crippen LogP contribution in [0, 0.1) is 5.82 Å². The van der Waals surface area contributed by atoms with E-state index in [9.17, 15) is 17.6 Å². The second-order valence-corrected chi connectivity index (χ2v) is 6.29. The van der Waals surface area contributed by atoms with E-state index in [1.807, 2.05) is 0 Å². The average molecular weight is 354 g/mol. The molecule has 19 heavy (non-hydrogen) atoms. The molecule has 0 atom stereocenters. The van der Waals surface area contributed by atoms with Crippen LogP contribution >= 0.6 is 15.9 Å². The van der Waals surface area contributed by atoms with Gasteiger partial charge in [0, 0.05) is 25.7 Å². The SMILES string of the molecule is CC(=O)NCCNS(=O)(=O)c1cc(N)cc(Br)c1F. The molecule has 0 aliphatic rings. The summed E-state index contributed by atoms with van der Waals surface area (Å²) in [7, 11) is -4.02. The van der Waals surface area contributed by atoms with Gasteiger partial charge in [-0.25, -0.2) is 17.5 Å². The van der Waals surface area contributed by atoms with Crippen LogP contribution in [0.5, 0.6) is 0 Å². The molecule has 4 N–H and O–H groups in total.